The third-order valence-electron chi connectivity index (χ3n) is 9.65. The molecule has 1 heteroatoms. The molecule has 2 aliphatic rings. The second-order valence-electron chi connectivity index (χ2n) is 12.2. The lowest BCUT2D eigenvalue weighted by Crippen LogP contribution is -2.28. The van der Waals surface area contributed by atoms with E-state index in [0.29, 0.717) is 5.92 Å². The minimum Gasteiger partial charge on any atom is -0.303 e. The highest BCUT2D eigenvalue weighted by Crippen LogP contribution is 2.45. The van der Waals surface area contributed by atoms with Crippen LogP contribution in [0.15, 0.2) is 48.5 Å². The van der Waals surface area contributed by atoms with Gasteiger partial charge in [-0.25, -0.2) is 0 Å². The Morgan fingerprint density at radius 1 is 0.667 bits per heavy atom. The second kappa shape index (κ2) is 13.6. The van der Waals surface area contributed by atoms with Gasteiger partial charge in [0.05, 0.1) is 0 Å². The zero-order chi connectivity index (χ0) is 25.2. The van der Waals surface area contributed by atoms with Gasteiger partial charge in [-0.1, -0.05) is 107 Å². The average molecular weight is 487 g/mol. The second-order valence-corrected chi connectivity index (χ2v) is 12.2. The number of hydrogen-bond acceptors (Lipinski definition) is 1. The standard InChI is InChI=1S/C35H50O/c1-3-5-6-7-8-24-35(27-36)25-22-34(23-26-35)33-20-18-32(19-21-33)31-16-14-30(15-17-31)29-12-10-28(9-4-2)11-13-29/h14-21,27-29,34H,3-13,22-26H2,1-2H3. The van der Waals surface area contributed by atoms with Crippen LogP contribution < -0.4 is 0 Å². The summed E-state index contributed by atoms with van der Waals surface area (Å²) >= 11 is 0. The van der Waals surface area contributed by atoms with Crippen molar-refractivity contribution in [1.82, 2.24) is 0 Å². The predicted octanol–water partition coefficient (Wildman–Crippen LogP) is 10.6. The third kappa shape index (κ3) is 7.11. The van der Waals surface area contributed by atoms with Gasteiger partial charge in [0.15, 0.2) is 0 Å². The minimum absolute atomic E-state index is 0.0420. The van der Waals surface area contributed by atoms with Gasteiger partial charge in [-0.3, -0.25) is 0 Å². The van der Waals surface area contributed by atoms with E-state index in [2.05, 4.69) is 62.4 Å². The number of aldehydes is 1. The quantitative estimate of drug-likeness (QED) is 0.215. The molecule has 36 heavy (non-hydrogen) atoms. The molecule has 0 spiro atoms. The van der Waals surface area contributed by atoms with Crippen LogP contribution in [-0.2, 0) is 4.79 Å². The van der Waals surface area contributed by atoms with Crippen LogP contribution in [0.1, 0.15) is 140 Å². The largest absolute Gasteiger partial charge is 0.303 e. The molecule has 0 N–H and O–H groups in total. The molecule has 0 atom stereocenters. The van der Waals surface area contributed by atoms with Crippen LogP contribution in [0, 0.1) is 11.3 Å². The van der Waals surface area contributed by atoms with E-state index in [9.17, 15) is 4.79 Å². The summed E-state index contributed by atoms with van der Waals surface area (Å²) in [6, 6.07) is 18.8. The summed E-state index contributed by atoms with van der Waals surface area (Å²) in [5, 5.41) is 0. The van der Waals surface area contributed by atoms with E-state index in [0.717, 1.165) is 43.9 Å². The van der Waals surface area contributed by atoms with Crippen molar-refractivity contribution in [1.29, 1.82) is 0 Å². The van der Waals surface area contributed by atoms with Gasteiger partial charge in [-0.15, -0.1) is 0 Å². The molecular formula is C35H50O. The number of carbonyl (C=O) groups is 1. The Balaban J connectivity index is 1.28. The summed E-state index contributed by atoms with van der Waals surface area (Å²) in [6.07, 6.45) is 21.6. The summed E-state index contributed by atoms with van der Waals surface area (Å²) < 4.78 is 0. The van der Waals surface area contributed by atoms with Crippen molar-refractivity contribution in [3.8, 4) is 11.1 Å². The number of unbranched alkanes of at least 4 members (excludes halogenated alkanes) is 4. The summed E-state index contributed by atoms with van der Waals surface area (Å²) in [4.78, 5) is 12.0. The minimum atomic E-state index is -0.0420. The Kier molecular flexibility index (Phi) is 10.3. The van der Waals surface area contributed by atoms with Gasteiger partial charge in [0, 0.05) is 5.41 Å². The van der Waals surface area contributed by atoms with Crippen LogP contribution in [0.4, 0.5) is 0 Å². The number of benzene rings is 2. The van der Waals surface area contributed by atoms with Crippen molar-refractivity contribution in [2.45, 2.75) is 128 Å². The molecule has 196 valence electrons. The van der Waals surface area contributed by atoms with Crippen molar-refractivity contribution >= 4 is 6.29 Å². The molecule has 4 rings (SSSR count). The Bertz CT molecular complexity index is 893. The Morgan fingerprint density at radius 3 is 1.69 bits per heavy atom. The molecule has 0 heterocycles. The Morgan fingerprint density at radius 2 is 1.19 bits per heavy atom. The molecule has 0 amide bonds. The SMILES string of the molecule is CCCCCCCC1(C=O)CCC(c2ccc(-c3ccc(C4CCC(CCC)CC4)cc3)cc2)CC1. The van der Waals surface area contributed by atoms with E-state index in [4.69, 9.17) is 0 Å². The fraction of sp³-hybridized carbons (Fsp3) is 0.629. The fourth-order valence-electron chi connectivity index (χ4n) is 7.12. The van der Waals surface area contributed by atoms with Gasteiger partial charge >= 0.3 is 0 Å². The first-order valence-electron chi connectivity index (χ1n) is 15.3. The van der Waals surface area contributed by atoms with Gasteiger partial charge in [-0.05, 0) is 97.8 Å². The third-order valence-corrected chi connectivity index (χ3v) is 9.65. The van der Waals surface area contributed by atoms with Crippen LogP contribution in [0.25, 0.3) is 11.1 Å². The summed E-state index contributed by atoms with van der Waals surface area (Å²) in [7, 11) is 0. The molecule has 2 saturated carbocycles. The maximum Gasteiger partial charge on any atom is 0.126 e. The van der Waals surface area contributed by atoms with Gasteiger partial charge in [0.25, 0.3) is 0 Å². The lowest BCUT2D eigenvalue weighted by molar-refractivity contribution is -0.118. The molecule has 0 bridgehead atoms. The summed E-state index contributed by atoms with van der Waals surface area (Å²) in [5.74, 6) is 2.34. The smallest absolute Gasteiger partial charge is 0.126 e. The lowest BCUT2D eigenvalue weighted by Gasteiger charge is -2.36. The molecule has 2 fully saturated rings. The molecule has 0 aromatic heterocycles. The summed E-state index contributed by atoms with van der Waals surface area (Å²) in [5.41, 5.74) is 5.61. The van der Waals surface area contributed by atoms with Gasteiger partial charge in [0.1, 0.15) is 6.29 Å². The first-order chi connectivity index (χ1) is 17.7. The molecule has 2 aliphatic carbocycles. The van der Waals surface area contributed by atoms with Crippen molar-refractivity contribution in [2.75, 3.05) is 0 Å². The molecule has 0 aliphatic heterocycles. The first kappa shape index (κ1) is 27.2. The fourth-order valence-corrected chi connectivity index (χ4v) is 7.12. The highest BCUT2D eigenvalue weighted by molar-refractivity contribution is 5.64. The van der Waals surface area contributed by atoms with Crippen LogP contribution >= 0.6 is 0 Å². The van der Waals surface area contributed by atoms with Gasteiger partial charge < -0.3 is 4.79 Å². The zero-order valence-corrected chi connectivity index (χ0v) is 23.2. The predicted molar refractivity (Wildman–Crippen MR) is 155 cm³/mol. The maximum absolute atomic E-state index is 12.0. The molecule has 2 aromatic rings. The van der Waals surface area contributed by atoms with E-state index in [1.165, 1.54) is 99.2 Å². The van der Waals surface area contributed by atoms with E-state index in [1.807, 2.05) is 0 Å². The molecule has 0 saturated heterocycles. The Hall–Kier alpha value is -1.89. The molecule has 1 nitrogen and oxygen atoms in total. The number of carbonyl (C=O) groups excluding carboxylic acids is 1. The van der Waals surface area contributed by atoms with Crippen LogP contribution in [0.2, 0.25) is 0 Å². The van der Waals surface area contributed by atoms with E-state index in [-0.39, 0.29) is 5.41 Å². The van der Waals surface area contributed by atoms with Crippen LogP contribution in [0.5, 0.6) is 0 Å². The maximum atomic E-state index is 12.0. The van der Waals surface area contributed by atoms with E-state index < -0.39 is 0 Å². The molecule has 2 aromatic carbocycles. The zero-order valence-electron chi connectivity index (χ0n) is 23.2. The average Bonchev–Trinajstić information content (AvgIpc) is 2.94. The highest BCUT2D eigenvalue weighted by atomic mass is 16.1. The van der Waals surface area contributed by atoms with Crippen LogP contribution in [-0.4, -0.2) is 6.29 Å². The van der Waals surface area contributed by atoms with Crippen LogP contribution in [0.3, 0.4) is 0 Å². The van der Waals surface area contributed by atoms with E-state index in [1.54, 1.807) is 0 Å². The van der Waals surface area contributed by atoms with Crippen molar-refractivity contribution in [2.24, 2.45) is 11.3 Å². The molecule has 0 radical (unpaired) electrons. The topological polar surface area (TPSA) is 17.1 Å². The normalized spacial score (nSPS) is 26.6. The van der Waals surface area contributed by atoms with Gasteiger partial charge in [-0.2, -0.15) is 0 Å². The molecular weight excluding hydrogens is 436 g/mol. The van der Waals surface area contributed by atoms with Crippen molar-refractivity contribution in [3.63, 3.8) is 0 Å². The molecule has 0 unspecified atom stereocenters. The highest BCUT2D eigenvalue weighted by Gasteiger charge is 2.35. The first-order valence-corrected chi connectivity index (χ1v) is 15.3. The number of hydrogen-bond donors (Lipinski definition) is 0. The monoisotopic (exact) mass is 486 g/mol. The number of rotatable bonds is 12. The van der Waals surface area contributed by atoms with E-state index >= 15 is 0 Å². The van der Waals surface area contributed by atoms with Crippen molar-refractivity contribution in [3.05, 3.63) is 59.7 Å². The van der Waals surface area contributed by atoms with Gasteiger partial charge in [0.2, 0.25) is 0 Å². The lowest BCUT2D eigenvalue weighted by atomic mass is 9.67. The Labute approximate surface area is 221 Å². The summed E-state index contributed by atoms with van der Waals surface area (Å²) in [6.45, 7) is 4.58. The van der Waals surface area contributed by atoms with Crippen molar-refractivity contribution < 1.29 is 4.79 Å².